The zero-order valence-electron chi connectivity index (χ0n) is 8.53. The number of azide groups is 1. The molecule has 0 saturated carbocycles. The van der Waals surface area contributed by atoms with E-state index in [4.69, 9.17) is 15.0 Å². The Bertz CT molecular complexity index is 290. The van der Waals surface area contributed by atoms with E-state index >= 15 is 0 Å². The first-order valence-corrected chi connectivity index (χ1v) is 4.59. The van der Waals surface area contributed by atoms with Gasteiger partial charge < -0.3 is 14.6 Å². The average molecular weight is 215 g/mol. The largest absolute Gasteiger partial charge is 0.459 e. The van der Waals surface area contributed by atoms with Gasteiger partial charge in [0.15, 0.2) is 6.29 Å². The molecular weight excluding hydrogens is 202 g/mol. The first-order valence-electron chi connectivity index (χ1n) is 4.59. The van der Waals surface area contributed by atoms with Gasteiger partial charge in [0.25, 0.3) is 0 Å². The van der Waals surface area contributed by atoms with Gasteiger partial charge in [-0.2, -0.15) is 0 Å². The van der Waals surface area contributed by atoms with Crippen molar-refractivity contribution >= 4 is 5.97 Å². The highest BCUT2D eigenvalue weighted by atomic mass is 16.6. The van der Waals surface area contributed by atoms with Crippen molar-refractivity contribution in [3.63, 3.8) is 0 Å². The highest BCUT2D eigenvalue weighted by Crippen LogP contribution is 2.24. The molecule has 0 aromatic heterocycles. The molecule has 1 heterocycles. The summed E-state index contributed by atoms with van der Waals surface area (Å²) in [6.07, 6.45) is -1.98. The second-order valence-electron chi connectivity index (χ2n) is 3.38. The first kappa shape index (κ1) is 11.8. The van der Waals surface area contributed by atoms with Gasteiger partial charge in [0.2, 0.25) is 0 Å². The lowest BCUT2D eigenvalue weighted by Crippen LogP contribution is -2.48. The van der Waals surface area contributed by atoms with Crippen LogP contribution in [0.15, 0.2) is 5.11 Å². The number of nitrogens with zero attached hydrogens (tertiary/aromatic N) is 3. The molecule has 7 nitrogen and oxygen atoms in total. The molecule has 15 heavy (non-hydrogen) atoms. The van der Waals surface area contributed by atoms with Crippen LogP contribution in [0, 0.1) is 0 Å². The van der Waals surface area contributed by atoms with Crippen molar-refractivity contribution in [1.82, 2.24) is 0 Å². The summed E-state index contributed by atoms with van der Waals surface area (Å²) in [4.78, 5) is 13.5. The van der Waals surface area contributed by atoms with Gasteiger partial charge in [-0.15, -0.1) is 0 Å². The molecule has 1 aliphatic heterocycles. The minimum absolute atomic E-state index is 0.131. The quantitative estimate of drug-likeness (QED) is 0.317. The second kappa shape index (κ2) is 4.97. The number of aliphatic hydroxyl groups excluding tert-OH is 1. The lowest BCUT2D eigenvalue weighted by atomic mass is 10.0. The lowest BCUT2D eigenvalue weighted by molar-refractivity contribution is -0.210. The SMILES string of the molecule is CC(=O)O[C@H]1[C@@H](N=[N+]=[N-])C[C@@H](O)O[C@H]1C. The van der Waals surface area contributed by atoms with Crippen LogP contribution < -0.4 is 0 Å². The molecule has 0 amide bonds. The van der Waals surface area contributed by atoms with E-state index < -0.39 is 30.5 Å². The maximum absolute atomic E-state index is 10.8. The van der Waals surface area contributed by atoms with E-state index in [0.29, 0.717) is 0 Å². The van der Waals surface area contributed by atoms with E-state index in [9.17, 15) is 9.90 Å². The van der Waals surface area contributed by atoms with E-state index in [1.165, 1.54) is 6.92 Å². The zero-order valence-corrected chi connectivity index (χ0v) is 8.53. The summed E-state index contributed by atoms with van der Waals surface area (Å²) in [5.74, 6) is -0.468. The number of carbonyl (C=O) groups is 1. The fraction of sp³-hybridized carbons (Fsp3) is 0.875. The number of esters is 1. The van der Waals surface area contributed by atoms with Crippen molar-refractivity contribution in [3.8, 4) is 0 Å². The molecule has 0 spiro atoms. The Morgan fingerprint density at radius 3 is 2.93 bits per heavy atom. The van der Waals surface area contributed by atoms with Crippen molar-refractivity contribution in [3.05, 3.63) is 10.4 Å². The molecule has 84 valence electrons. The minimum atomic E-state index is -0.984. The molecule has 1 saturated heterocycles. The third-order valence-corrected chi connectivity index (χ3v) is 2.16. The van der Waals surface area contributed by atoms with Gasteiger partial charge in [-0.05, 0) is 12.5 Å². The van der Waals surface area contributed by atoms with Crippen LogP contribution in [0.5, 0.6) is 0 Å². The molecule has 0 aliphatic carbocycles. The van der Waals surface area contributed by atoms with Crippen LogP contribution in [0.1, 0.15) is 20.3 Å². The number of rotatable bonds is 2. The highest BCUT2D eigenvalue weighted by Gasteiger charge is 2.37. The molecule has 7 heteroatoms. The van der Waals surface area contributed by atoms with Gasteiger partial charge in [-0.1, -0.05) is 5.11 Å². The fourth-order valence-electron chi connectivity index (χ4n) is 1.58. The smallest absolute Gasteiger partial charge is 0.303 e. The van der Waals surface area contributed by atoms with Gasteiger partial charge in [0.05, 0.1) is 12.1 Å². The Hall–Kier alpha value is -1.30. The van der Waals surface area contributed by atoms with Gasteiger partial charge in [-0.25, -0.2) is 0 Å². The molecule has 0 bridgehead atoms. The van der Waals surface area contributed by atoms with Crippen LogP contribution in [0.2, 0.25) is 0 Å². The summed E-state index contributed by atoms with van der Waals surface area (Å²) in [5.41, 5.74) is 8.34. The fourth-order valence-corrected chi connectivity index (χ4v) is 1.58. The van der Waals surface area contributed by atoms with Crippen LogP contribution in [0.3, 0.4) is 0 Å². The number of ether oxygens (including phenoxy) is 2. The summed E-state index contributed by atoms with van der Waals surface area (Å²) < 4.78 is 10.0. The topological polar surface area (TPSA) is 105 Å². The molecule has 1 fully saturated rings. The van der Waals surface area contributed by atoms with Crippen LogP contribution >= 0.6 is 0 Å². The maximum Gasteiger partial charge on any atom is 0.303 e. The first-order chi connectivity index (χ1) is 7.04. The molecule has 1 aliphatic rings. The molecule has 1 rings (SSSR count). The van der Waals surface area contributed by atoms with Crippen LogP contribution in [-0.4, -0.2) is 35.6 Å². The van der Waals surface area contributed by atoms with E-state index in [1.54, 1.807) is 6.92 Å². The predicted octanol–water partition coefficient (Wildman–Crippen LogP) is 0.724. The average Bonchev–Trinajstić information content (AvgIpc) is 2.11. The number of hydrogen-bond acceptors (Lipinski definition) is 5. The van der Waals surface area contributed by atoms with Crippen molar-refractivity contribution in [2.45, 2.75) is 44.8 Å². The van der Waals surface area contributed by atoms with Crippen LogP contribution in [0.25, 0.3) is 10.4 Å². The normalized spacial score (nSPS) is 35.4. The Kier molecular flexibility index (Phi) is 3.90. The Labute approximate surface area is 86.6 Å². The molecule has 4 atom stereocenters. The molecule has 0 radical (unpaired) electrons. The molecular formula is C8H13N3O4. The minimum Gasteiger partial charge on any atom is -0.459 e. The van der Waals surface area contributed by atoms with Crippen molar-refractivity contribution in [2.24, 2.45) is 5.11 Å². The van der Waals surface area contributed by atoms with Gasteiger partial charge in [0, 0.05) is 18.3 Å². The van der Waals surface area contributed by atoms with Gasteiger partial charge in [0.1, 0.15) is 6.10 Å². The lowest BCUT2D eigenvalue weighted by Gasteiger charge is -2.35. The Morgan fingerprint density at radius 1 is 1.73 bits per heavy atom. The van der Waals surface area contributed by atoms with Crippen LogP contribution in [0.4, 0.5) is 0 Å². The summed E-state index contributed by atoms with van der Waals surface area (Å²) >= 11 is 0. The third-order valence-electron chi connectivity index (χ3n) is 2.16. The van der Waals surface area contributed by atoms with E-state index in [0.717, 1.165) is 0 Å². The van der Waals surface area contributed by atoms with E-state index in [-0.39, 0.29) is 6.42 Å². The van der Waals surface area contributed by atoms with E-state index in [2.05, 4.69) is 10.0 Å². The zero-order chi connectivity index (χ0) is 11.4. The van der Waals surface area contributed by atoms with Gasteiger partial charge in [-0.3, -0.25) is 4.79 Å². The summed E-state index contributed by atoms with van der Waals surface area (Å²) in [7, 11) is 0. The Morgan fingerprint density at radius 2 is 2.40 bits per heavy atom. The van der Waals surface area contributed by atoms with Crippen LogP contribution in [-0.2, 0) is 14.3 Å². The number of aliphatic hydroxyl groups is 1. The maximum atomic E-state index is 10.8. The third kappa shape index (κ3) is 3.09. The summed E-state index contributed by atoms with van der Waals surface area (Å²) in [5, 5.41) is 12.8. The predicted molar refractivity (Wildman–Crippen MR) is 49.7 cm³/mol. The number of carbonyl (C=O) groups excluding carboxylic acids is 1. The standard InChI is InChI=1S/C8H13N3O4/c1-4-8(15-5(2)12)6(10-11-9)3-7(13)14-4/h4,6-8,13H,3H2,1-2H3/t4-,6-,7-,8+/m0/s1. The highest BCUT2D eigenvalue weighted by molar-refractivity contribution is 5.66. The molecule has 0 aromatic rings. The summed E-state index contributed by atoms with van der Waals surface area (Å²) in [6, 6.07) is -0.586. The van der Waals surface area contributed by atoms with Gasteiger partial charge >= 0.3 is 5.97 Å². The summed E-state index contributed by atoms with van der Waals surface area (Å²) in [6.45, 7) is 2.92. The number of hydrogen-bond donors (Lipinski definition) is 1. The Balaban J connectivity index is 2.76. The molecule has 0 aromatic carbocycles. The monoisotopic (exact) mass is 215 g/mol. The van der Waals surface area contributed by atoms with Crippen molar-refractivity contribution < 1.29 is 19.4 Å². The van der Waals surface area contributed by atoms with Crippen molar-refractivity contribution in [1.29, 1.82) is 0 Å². The van der Waals surface area contributed by atoms with E-state index in [1.807, 2.05) is 0 Å². The molecule has 1 N–H and O–H groups in total. The second-order valence-corrected chi connectivity index (χ2v) is 3.38. The molecule has 0 unspecified atom stereocenters. The van der Waals surface area contributed by atoms with Crippen molar-refractivity contribution in [2.75, 3.05) is 0 Å².